The summed E-state index contributed by atoms with van der Waals surface area (Å²) in [5.74, 6) is 0.785. The number of aromatic nitrogens is 4. The molecule has 3 aromatic heterocycles. The van der Waals surface area contributed by atoms with Crippen LogP contribution in [-0.4, -0.2) is 20.0 Å². The molecule has 1 unspecified atom stereocenters. The number of thiazole rings is 1. The SMILES string of the molecule is CCC(Cl)c1cn(Cc2csc(-c3ccco3)n2)nn1. The van der Waals surface area contributed by atoms with Crippen molar-refractivity contribution in [2.75, 3.05) is 0 Å². The first-order chi connectivity index (χ1) is 9.76. The van der Waals surface area contributed by atoms with Gasteiger partial charge in [0.25, 0.3) is 0 Å². The highest BCUT2D eigenvalue weighted by atomic mass is 35.5. The molecule has 0 N–H and O–H groups in total. The van der Waals surface area contributed by atoms with Gasteiger partial charge in [0, 0.05) is 5.38 Å². The van der Waals surface area contributed by atoms with Gasteiger partial charge in [-0.3, -0.25) is 0 Å². The Bertz CT molecular complexity index is 676. The Morgan fingerprint density at radius 2 is 2.40 bits per heavy atom. The summed E-state index contributed by atoms with van der Waals surface area (Å²) in [6.45, 7) is 2.60. The topological polar surface area (TPSA) is 56.7 Å². The molecular weight excluding hydrogens is 296 g/mol. The van der Waals surface area contributed by atoms with E-state index in [0.717, 1.165) is 28.6 Å². The van der Waals surface area contributed by atoms with Gasteiger partial charge in [0.15, 0.2) is 10.8 Å². The Hall–Kier alpha value is -1.66. The average Bonchev–Trinajstić information content (AvgIpc) is 3.19. The van der Waals surface area contributed by atoms with Gasteiger partial charge >= 0.3 is 0 Å². The van der Waals surface area contributed by atoms with Crippen LogP contribution >= 0.6 is 22.9 Å². The fraction of sp³-hybridized carbons (Fsp3) is 0.308. The van der Waals surface area contributed by atoms with Crippen molar-refractivity contribution in [3.63, 3.8) is 0 Å². The van der Waals surface area contributed by atoms with Crippen molar-refractivity contribution in [2.45, 2.75) is 25.3 Å². The Morgan fingerprint density at radius 3 is 3.15 bits per heavy atom. The molecule has 0 saturated carbocycles. The Labute approximate surface area is 125 Å². The van der Waals surface area contributed by atoms with Crippen LogP contribution in [0.15, 0.2) is 34.4 Å². The third-order valence-electron chi connectivity index (χ3n) is 2.84. The van der Waals surface area contributed by atoms with Crippen LogP contribution in [0.2, 0.25) is 0 Å². The molecular formula is C13H13ClN4OS. The van der Waals surface area contributed by atoms with Gasteiger partial charge in [-0.05, 0) is 18.6 Å². The Morgan fingerprint density at radius 1 is 1.50 bits per heavy atom. The molecule has 3 heterocycles. The van der Waals surface area contributed by atoms with Gasteiger partial charge in [-0.25, -0.2) is 9.67 Å². The maximum atomic E-state index is 6.14. The predicted molar refractivity (Wildman–Crippen MR) is 77.8 cm³/mol. The molecule has 5 nitrogen and oxygen atoms in total. The summed E-state index contributed by atoms with van der Waals surface area (Å²) in [6, 6.07) is 3.75. The van der Waals surface area contributed by atoms with E-state index < -0.39 is 0 Å². The van der Waals surface area contributed by atoms with Gasteiger partial charge in [0.1, 0.15) is 5.69 Å². The van der Waals surface area contributed by atoms with E-state index in [1.165, 1.54) is 0 Å². The first kappa shape index (κ1) is 13.3. The molecule has 20 heavy (non-hydrogen) atoms. The molecule has 3 aromatic rings. The molecule has 0 bridgehead atoms. The third-order valence-corrected chi connectivity index (χ3v) is 4.28. The van der Waals surface area contributed by atoms with Gasteiger partial charge < -0.3 is 4.42 Å². The van der Waals surface area contributed by atoms with Gasteiger partial charge in [-0.1, -0.05) is 12.1 Å². The molecule has 0 radical (unpaired) electrons. The maximum absolute atomic E-state index is 6.14. The van der Waals surface area contributed by atoms with Crippen LogP contribution in [0, 0.1) is 0 Å². The number of furan rings is 1. The van der Waals surface area contributed by atoms with Crippen LogP contribution in [0.3, 0.4) is 0 Å². The first-order valence-electron chi connectivity index (χ1n) is 6.28. The van der Waals surface area contributed by atoms with E-state index in [9.17, 15) is 0 Å². The predicted octanol–water partition coefficient (Wildman–Crippen LogP) is 3.73. The van der Waals surface area contributed by atoms with Crippen LogP contribution in [0.1, 0.15) is 30.1 Å². The van der Waals surface area contributed by atoms with Crippen LogP contribution in [0.25, 0.3) is 10.8 Å². The van der Waals surface area contributed by atoms with E-state index in [4.69, 9.17) is 16.0 Å². The minimum absolute atomic E-state index is 0.0853. The lowest BCUT2D eigenvalue weighted by Crippen LogP contribution is -2.00. The first-order valence-corrected chi connectivity index (χ1v) is 7.60. The Kier molecular flexibility index (Phi) is 3.84. The molecule has 0 saturated heterocycles. The fourth-order valence-electron chi connectivity index (χ4n) is 1.80. The normalized spacial score (nSPS) is 12.7. The van der Waals surface area contributed by atoms with Crippen molar-refractivity contribution >= 4 is 22.9 Å². The number of hydrogen-bond donors (Lipinski definition) is 0. The molecule has 104 valence electrons. The van der Waals surface area contributed by atoms with Crippen LogP contribution < -0.4 is 0 Å². The monoisotopic (exact) mass is 308 g/mol. The van der Waals surface area contributed by atoms with Crippen LogP contribution in [-0.2, 0) is 6.54 Å². The number of alkyl halides is 1. The molecule has 0 aliphatic rings. The van der Waals surface area contributed by atoms with E-state index in [-0.39, 0.29) is 5.38 Å². The van der Waals surface area contributed by atoms with Crippen molar-refractivity contribution < 1.29 is 4.42 Å². The molecule has 0 aromatic carbocycles. The van der Waals surface area contributed by atoms with E-state index in [1.807, 2.05) is 30.6 Å². The summed E-state index contributed by atoms with van der Waals surface area (Å²) in [5.41, 5.74) is 1.73. The van der Waals surface area contributed by atoms with E-state index in [1.54, 1.807) is 22.3 Å². The van der Waals surface area contributed by atoms with E-state index >= 15 is 0 Å². The third kappa shape index (κ3) is 2.76. The highest BCUT2D eigenvalue weighted by Gasteiger charge is 2.12. The van der Waals surface area contributed by atoms with E-state index in [2.05, 4.69) is 15.3 Å². The second-order valence-corrected chi connectivity index (χ2v) is 5.72. The molecule has 3 rings (SSSR count). The van der Waals surface area contributed by atoms with Crippen molar-refractivity contribution in [2.24, 2.45) is 0 Å². The second kappa shape index (κ2) is 5.76. The molecule has 0 spiro atoms. The second-order valence-electron chi connectivity index (χ2n) is 4.34. The van der Waals surface area contributed by atoms with E-state index in [0.29, 0.717) is 6.54 Å². The highest BCUT2D eigenvalue weighted by molar-refractivity contribution is 7.13. The van der Waals surface area contributed by atoms with Gasteiger partial charge in [-0.15, -0.1) is 28.0 Å². The number of nitrogens with zero attached hydrogens (tertiary/aromatic N) is 4. The van der Waals surface area contributed by atoms with Gasteiger partial charge in [0.2, 0.25) is 0 Å². The maximum Gasteiger partial charge on any atom is 0.162 e. The number of rotatable bonds is 5. The number of hydrogen-bond acceptors (Lipinski definition) is 5. The van der Waals surface area contributed by atoms with Crippen LogP contribution in [0.5, 0.6) is 0 Å². The molecule has 1 atom stereocenters. The zero-order chi connectivity index (χ0) is 13.9. The van der Waals surface area contributed by atoms with Gasteiger partial charge in [0.05, 0.1) is 30.1 Å². The smallest absolute Gasteiger partial charge is 0.162 e. The average molecular weight is 309 g/mol. The molecule has 7 heteroatoms. The lowest BCUT2D eigenvalue weighted by atomic mass is 10.3. The summed E-state index contributed by atoms with van der Waals surface area (Å²) < 4.78 is 7.08. The van der Waals surface area contributed by atoms with Crippen LogP contribution in [0.4, 0.5) is 0 Å². The summed E-state index contributed by atoms with van der Waals surface area (Å²) in [7, 11) is 0. The lowest BCUT2D eigenvalue weighted by Gasteiger charge is -1.98. The molecule has 0 fully saturated rings. The minimum Gasteiger partial charge on any atom is -0.462 e. The summed E-state index contributed by atoms with van der Waals surface area (Å²) >= 11 is 7.69. The van der Waals surface area contributed by atoms with Crippen molar-refractivity contribution in [3.05, 3.63) is 41.4 Å². The molecule has 0 amide bonds. The van der Waals surface area contributed by atoms with Crippen molar-refractivity contribution in [1.29, 1.82) is 0 Å². The number of halogens is 1. The van der Waals surface area contributed by atoms with Crippen molar-refractivity contribution in [3.8, 4) is 10.8 Å². The van der Waals surface area contributed by atoms with Gasteiger partial charge in [-0.2, -0.15) is 0 Å². The zero-order valence-electron chi connectivity index (χ0n) is 10.9. The summed E-state index contributed by atoms with van der Waals surface area (Å²) in [4.78, 5) is 4.53. The van der Waals surface area contributed by atoms with Crippen molar-refractivity contribution in [1.82, 2.24) is 20.0 Å². The fourth-order valence-corrected chi connectivity index (χ4v) is 2.68. The highest BCUT2D eigenvalue weighted by Crippen LogP contribution is 2.25. The largest absolute Gasteiger partial charge is 0.462 e. The lowest BCUT2D eigenvalue weighted by molar-refractivity contribution is 0.581. The molecule has 0 aliphatic heterocycles. The summed E-state index contributed by atoms with van der Waals surface area (Å²) in [6.07, 6.45) is 4.35. The zero-order valence-corrected chi connectivity index (χ0v) is 12.4. The molecule has 0 aliphatic carbocycles. The summed E-state index contributed by atoms with van der Waals surface area (Å²) in [5, 5.41) is 10.9. The quantitative estimate of drug-likeness (QED) is 0.674. The standard InChI is InChI=1S/C13H13ClN4OS/c1-2-10(14)11-7-18(17-16-11)6-9-8-20-13(15-9)12-4-3-5-19-12/h3-5,7-8,10H,2,6H2,1H3. The minimum atomic E-state index is -0.0853. The Balaban J connectivity index is 1.73.